The molecule has 1 aromatic heterocycles. The smallest absolute Gasteiger partial charge is 0.139 e. The molecule has 1 aromatic carbocycles. The van der Waals surface area contributed by atoms with Crippen LogP contribution in [0.15, 0.2) is 36.5 Å². The molecule has 1 atom stereocenters. The third-order valence-electron chi connectivity index (χ3n) is 5.32. The van der Waals surface area contributed by atoms with E-state index in [0.717, 1.165) is 37.6 Å². The van der Waals surface area contributed by atoms with Gasteiger partial charge in [-0.05, 0) is 20.8 Å². The number of hydrogen-bond acceptors (Lipinski definition) is 4. The standard InChI is InChI=1S/C20H31N5/c1-20(2,3)25-12-10-24(11-13-25)17(14-21)18-15-22-19(23(18)4)16-8-6-5-7-9-16/h5-9,15,17H,10-14,21H2,1-4H3. The number of rotatable bonds is 4. The van der Waals surface area contributed by atoms with E-state index in [-0.39, 0.29) is 11.6 Å². The lowest BCUT2D eigenvalue weighted by atomic mass is 10.0. The molecule has 1 unspecified atom stereocenters. The molecule has 0 radical (unpaired) electrons. The first kappa shape index (κ1) is 18.1. The van der Waals surface area contributed by atoms with Crippen molar-refractivity contribution in [2.75, 3.05) is 32.7 Å². The van der Waals surface area contributed by atoms with Crippen molar-refractivity contribution in [3.8, 4) is 11.4 Å². The lowest BCUT2D eigenvalue weighted by Gasteiger charge is -2.44. The number of aromatic nitrogens is 2. The Morgan fingerprint density at radius 2 is 1.72 bits per heavy atom. The van der Waals surface area contributed by atoms with Gasteiger partial charge in [-0.3, -0.25) is 9.80 Å². The number of nitrogens with two attached hydrogens (primary N) is 1. The largest absolute Gasteiger partial charge is 0.330 e. The molecule has 2 heterocycles. The molecule has 0 saturated carbocycles. The minimum Gasteiger partial charge on any atom is -0.330 e. The van der Waals surface area contributed by atoms with Gasteiger partial charge in [-0.1, -0.05) is 30.3 Å². The van der Waals surface area contributed by atoms with Crippen molar-refractivity contribution in [2.24, 2.45) is 12.8 Å². The number of imidazole rings is 1. The van der Waals surface area contributed by atoms with Crippen molar-refractivity contribution in [1.82, 2.24) is 19.4 Å². The maximum atomic E-state index is 6.18. The number of benzene rings is 1. The topological polar surface area (TPSA) is 50.3 Å². The second-order valence-corrected chi connectivity index (χ2v) is 7.88. The molecule has 5 nitrogen and oxygen atoms in total. The molecule has 1 aliphatic rings. The Kier molecular flexibility index (Phi) is 5.27. The van der Waals surface area contributed by atoms with Crippen LogP contribution in [0.4, 0.5) is 0 Å². The molecular formula is C20H31N5. The minimum absolute atomic E-state index is 0.220. The summed E-state index contributed by atoms with van der Waals surface area (Å²) in [6.45, 7) is 11.7. The van der Waals surface area contributed by atoms with Crippen LogP contribution >= 0.6 is 0 Å². The normalized spacial score (nSPS) is 18.4. The first-order valence-corrected chi connectivity index (χ1v) is 9.18. The SMILES string of the molecule is Cn1c(C(CN)N2CCN(C(C)(C)C)CC2)cnc1-c1ccccc1. The molecule has 1 aliphatic heterocycles. The van der Waals surface area contributed by atoms with E-state index in [4.69, 9.17) is 5.73 Å². The highest BCUT2D eigenvalue weighted by Crippen LogP contribution is 2.27. The highest BCUT2D eigenvalue weighted by Gasteiger charge is 2.30. The second-order valence-electron chi connectivity index (χ2n) is 7.88. The van der Waals surface area contributed by atoms with E-state index in [1.807, 2.05) is 12.3 Å². The monoisotopic (exact) mass is 341 g/mol. The van der Waals surface area contributed by atoms with Crippen LogP contribution in [0.5, 0.6) is 0 Å². The number of hydrogen-bond donors (Lipinski definition) is 1. The highest BCUT2D eigenvalue weighted by atomic mass is 15.3. The molecule has 3 rings (SSSR count). The highest BCUT2D eigenvalue weighted by molar-refractivity contribution is 5.55. The van der Waals surface area contributed by atoms with Gasteiger partial charge in [0.05, 0.1) is 17.9 Å². The molecule has 1 saturated heterocycles. The van der Waals surface area contributed by atoms with E-state index in [9.17, 15) is 0 Å². The van der Waals surface area contributed by atoms with Gasteiger partial charge in [0, 0.05) is 50.9 Å². The first-order valence-electron chi connectivity index (χ1n) is 9.18. The first-order chi connectivity index (χ1) is 11.9. The lowest BCUT2D eigenvalue weighted by Crippen LogP contribution is -2.54. The Hall–Kier alpha value is -1.69. The van der Waals surface area contributed by atoms with Crippen molar-refractivity contribution >= 4 is 0 Å². The summed E-state index contributed by atoms with van der Waals surface area (Å²) in [5.41, 5.74) is 8.75. The third-order valence-corrected chi connectivity index (χ3v) is 5.32. The van der Waals surface area contributed by atoms with Crippen molar-refractivity contribution in [3.05, 3.63) is 42.2 Å². The summed E-state index contributed by atoms with van der Waals surface area (Å²) < 4.78 is 2.20. The molecule has 2 aromatic rings. The van der Waals surface area contributed by atoms with E-state index in [1.165, 1.54) is 5.69 Å². The van der Waals surface area contributed by atoms with Gasteiger partial charge in [0.2, 0.25) is 0 Å². The van der Waals surface area contributed by atoms with Crippen LogP contribution in [-0.2, 0) is 7.05 Å². The molecular weight excluding hydrogens is 310 g/mol. The Bertz CT molecular complexity index is 678. The van der Waals surface area contributed by atoms with Crippen LogP contribution in [0.25, 0.3) is 11.4 Å². The summed E-state index contributed by atoms with van der Waals surface area (Å²) in [6.07, 6.45) is 2.00. The van der Waals surface area contributed by atoms with Crippen LogP contribution < -0.4 is 5.73 Å². The molecule has 5 heteroatoms. The quantitative estimate of drug-likeness (QED) is 0.928. The van der Waals surface area contributed by atoms with Crippen LogP contribution in [0, 0.1) is 0 Å². The predicted molar refractivity (Wildman–Crippen MR) is 103 cm³/mol. The summed E-state index contributed by atoms with van der Waals surface area (Å²) in [5, 5.41) is 0. The lowest BCUT2D eigenvalue weighted by molar-refractivity contribution is 0.0419. The Balaban J connectivity index is 1.78. The van der Waals surface area contributed by atoms with E-state index >= 15 is 0 Å². The zero-order valence-electron chi connectivity index (χ0n) is 15.9. The zero-order valence-corrected chi connectivity index (χ0v) is 15.9. The van der Waals surface area contributed by atoms with E-state index in [1.54, 1.807) is 0 Å². The van der Waals surface area contributed by atoms with Gasteiger partial charge in [-0.15, -0.1) is 0 Å². The average Bonchev–Trinajstić information content (AvgIpc) is 2.98. The van der Waals surface area contributed by atoms with Crippen LogP contribution in [-0.4, -0.2) is 57.6 Å². The number of nitrogens with zero attached hydrogens (tertiary/aromatic N) is 4. The maximum absolute atomic E-state index is 6.18. The van der Waals surface area contributed by atoms with E-state index in [2.05, 4.69) is 71.4 Å². The summed E-state index contributed by atoms with van der Waals surface area (Å²) >= 11 is 0. The van der Waals surface area contributed by atoms with Gasteiger partial charge in [-0.25, -0.2) is 4.98 Å². The van der Waals surface area contributed by atoms with Crippen molar-refractivity contribution in [2.45, 2.75) is 32.4 Å². The molecule has 136 valence electrons. The fourth-order valence-corrected chi connectivity index (χ4v) is 3.75. The van der Waals surface area contributed by atoms with E-state index < -0.39 is 0 Å². The van der Waals surface area contributed by atoms with Gasteiger partial charge < -0.3 is 10.3 Å². The Morgan fingerprint density at radius 3 is 2.28 bits per heavy atom. The summed E-state index contributed by atoms with van der Waals surface area (Å²) in [5.74, 6) is 1.00. The van der Waals surface area contributed by atoms with Crippen LogP contribution in [0.2, 0.25) is 0 Å². The molecule has 1 fully saturated rings. The van der Waals surface area contributed by atoms with Gasteiger partial charge in [-0.2, -0.15) is 0 Å². The molecule has 0 spiro atoms. The molecule has 0 bridgehead atoms. The molecule has 25 heavy (non-hydrogen) atoms. The summed E-state index contributed by atoms with van der Waals surface area (Å²) in [4.78, 5) is 9.73. The maximum Gasteiger partial charge on any atom is 0.139 e. The molecule has 2 N–H and O–H groups in total. The predicted octanol–water partition coefficient (Wildman–Crippen LogP) is 2.50. The average molecular weight is 342 g/mol. The fourth-order valence-electron chi connectivity index (χ4n) is 3.75. The fraction of sp³-hybridized carbons (Fsp3) is 0.550. The molecule has 0 amide bonds. The summed E-state index contributed by atoms with van der Waals surface area (Å²) in [7, 11) is 2.10. The Labute approximate surface area is 151 Å². The third kappa shape index (κ3) is 3.78. The minimum atomic E-state index is 0.220. The van der Waals surface area contributed by atoms with Gasteiger partial charge in [0.1, 0.15) is 5.82 Å². The van der Waals surface area contributed by atoms with Crippen LogP contribution in [0.1, 0.15) is 32.5 Å². The van der Waals surface area contributed by atoms with Gasteiger partial charge in [0.25, 0.3) is 0 Å². The van der Waals surface area contributed by atoms with E-state index in [0.29, 0.717) is 6.54 Å². The van der Waals surface area contributed by atoms with Crippen LogP contribution in [0.3, 0.4) is 0 Å². The van der Waals surface area contributed by atoms with Crippen molar-refractivity contribution in [3.63, 3.8) is 0 Å². The Morgan fingerprint density at radius 1 is 1.08 bits per heavy atom. The summed E-state index contributed by atoms with van der Waals surface area (Å²) in [6, 6.07) is 10.6. The number of piperazine rings is 1. The van der Waals surface area contributed by atoms with Gasteiger partial charge in [0.15, 0.2) is 0 Å². The molecule has 0 aliphatic carbocycles. The second kappa shape index (κ2) is 7.28. The van der Waals surface area contributed by atoms with Crippen molar-refractivity contribution < 1.29 is 0 Å². The van der Waals surface area contributed by atoms with Gasteiger partial charge >= 0.3 is 0 Å². The van der Waals surface area contributed by atoms with Crippen molar-refractivity contribution in [1.29, 1.82) is 0 Å². The zero-order chi connectivity index (χ0) is 18.0.